The van der Waals surface area contributed by atoms with Crippen molar-refractivity contribution < 1.29 is 47.6 Å². The number of phenolic OH excluding ortho intramolecular Hbond substituents is 1. The lowest BCUT2D eigenvalue weighted by Crippen LogP contribution is -2.56. The number of aromatic hydroxyl groups is 1. The Bertz CT molecular complexity index is 1120. The topological polar surface area (TPSA) is 131 Å². The van der Waals surface area contributed by atoms with E-state index in [0.717, 1.165) is 25.7 Å². The van der Waals surface area contributed by atoms with Gasteiger partial charge >= 0.3 is 11.9 Å². The normalized spacial score (nSPS) is 14.7. The standard InChI is InChI=1S/C37H59F2NO8/c1-7-8-9-13-16-23-36(38,39)24-17-14-11-10-12-15-18-30(37(45,25-26-46-5)34(44)48-35(2,3)4)32(42)40-31(33(43)47-6)27-28-19-21-29(41)22-20-28/h15,18-22,30-31,41,45H,7-14,16-17,23-27H2,1-6H3,(H,40,42)/b18-15+/t30-,31?,37+/m1/s1. The maximum Gasteiger partial charge on any atom is 0.339 e. The van der Waals surface area contributed by atoms with Gasteiger partial charge in [0.25, 0.3) is 0 Å². The zero-order valence-electron chi connectivity index (χ0n) is 29.8. The summed E-state index contributed by atoms with van der Waals surface area (Å²) in [6, 6.07) is 4.93. The summed E-state index contributed by atoms with van der Waals surface area (Å²) in [5, 5.41) is 24.1. The minimum absolute atomic E-state index is 0.0238. The van der Waals surface area contributed by atoms with Crippen molar-refractivity contribution in [2.45, 2.75) is 141 Å². The van der Waals surface area contributed by atoms with E-state index in [0.29, 0.717) is 44.1 Å². The summed E-state index contributed by atoms with van der Waals surface area (Å²) in [7, 11) is 2.58. The van der Waals surface area contributed by atoms with Gasteiger partial charge in [0.05, 0.1) is 13.0 Å². The van der Waals surface area contributed by atoms with Gasteiger partial charge in [-0.2, -0.15) is 0 Å². The molecular weight excluding hydrogens is 624 g/mol. The average molecular weight is 684 g/mol. The molecule has 0 spiro atoms. The number of amides is 1. The quantitative estimate of drug-likeness (QED) is 0.0592. The molecule has 0 aliphatic rings. The van der Waals surface area contributed by atoms with Crippen LogP contribution < -0.4 is 5.32 Å². The molecule has 0 radical (unpaired) electrons. The molecule has 1 amide bonds. The number of esters is 2. The lowest BCUT2D eigenvalue weighted by molar-refractivity contribution is -0.185. The van der Waals surface area contributed by atoms with E-state index in [1.165, 1.54) is 32.4 Å². The number of phenols is 1. The van der Waals surface area contributed by atoms with Gasteiger partial charge < -0.3 is 29.7 Å². The van der Waals surface area contributed by atoms with Crippen LogP contribution in [0.2, 0.25) is 0 Å². The number of aliphatic hydroxyl groups is 1. The minimum atomic E-state index is -2.65. The van der Waals surface area contributed by atoms with Crippen molar-refractivity contribution in [2.24, 2.45) is 5.92 Å². The SMILES string of the molecule is CCCCCCCC(F)(F)CCCCCC/C=C/[C@H](C(=O)NC(Cc1ccc(O)cc1)C(=O)OC)[C@@](O)(CCOC)C(=O)OC(C)(C)C. The van der Waals surface area contributed by atoms with Crippen LogP contribution >= 0.6 is 0 Å². The molecule has 1 unspecified atom stereocenters. The van der Waals surface area contributed by atoms with Gasteiger partial charge in [-0.25, -0.2) is 18.4 Å². The van der Waals surface area contributed by atoms with Gasteiger partial charge in [0.15, 0.2) is 5.60 Å². The van der Waals surface area contributed by atoms with Crippen molar-refractivity contribution in [3.05, 3.63) is 42.0 Å². The van der Waals surface area contributed by atoms with E-state index in [1.807, 2.05) is 0 Å². The Labute approximate surface area is 285 Å². The molecule has 0 aromatic heterocycles. The molecule has 0 heterocycles. The second-order valence-corrected chi connectivity index (χ2v) is 13.5. The highest BCUT2D eigenvalue weighted by Crippen LogP contribution is 2.30. The van der Waals surface area contributed by atoms with Crippen LogP contribution in [0.25, 0.3) is 0 Å². The summed E-state index contributed by atoms with van der Waals surface area (Å²) in [5.74, 6) is -6.64. The van der Waals surface area contributed by atoms with Crippen LogP contribution in [-0.2, 0) is 35.0 Å². The van der Waals surface area contributed by atoms with Crippen molar-refractivity contribution in [3.8, 4) is 5.75 Å². The number of carbonyl (C=O) groups is 3. The Kier molecular flexibility index (Phi) is 19.5. The molecule has 0 aliphatic carbocycles. The Morgan fingerprint density at radius 3 is 2.02 bits per heavy atom. The summed E-state index contributed by atoms with van der Waals surface area (Å²) >= 11 is 0. The third-order valence-corrected chi connectivity index (χ3v) is 8.05. The second-order valence-electron chi connectivity index (χ2n) is 13.5. The van der Waals surface area contributed by atoms with Gasteiger partial charge in [0, 0.05) is 39.4 Å². The zero-order chi connectivity index (χ0) is 36.2. The Morgan fingerprint density at radius 1 is 0.896 bits per heavy atom. The number of carbonyl (C=O) groups excluding carboxylic acids is 3. The lowest BCUT2D eigenvalue weighted by Gasteiger charge is -2.35. The number of nitrogens with one attached hydrogen (secondary N) is 1. The summed E-state index contributed by atoms with van der Waals surface area (Å²) < 4.78 is 44.0. The van der Waals surface area contributed by atoms with Gasteiger partial charge in [-0.3, -0.25) is 4.79 Å². The van der Waals surface area contributed by atoms with Crippen LogP contribution in [0.3, 0.4) is 0 Å². The first-order valence-corrected chi connectivity index (χ1v) is 17.2. The number of hydrogen-bond acceptors (Lipinski definition) is 8. The Balaban J connectivity index is 3.04. The first-order valence-electron chi connectivity index (χ1n) is 17.2. The van der Waals surface area contributed by atoms with Crippen LogP contribution in [-0.4, -0.2) is 72.1 Å². The van der Waals surface area contributed by atoms with Crippen LogP contribution in [0, 0.1) is 5.92 Å². The van der Waals surface area contributed by atoms with Crippen LogP contribution in [0.15, 0.2) is 36.4 Å². The highest BCUT2D eigenvalue weighted by molar-refractivity contribution is 5.93. The molecular formula is C37H59F2NO8. The van der Waals surface area contributed by atoms with Gasteiger partial charge in [0.1, 0.15) is 17.4 Å². The number of halogens is 2. The summed E-state index contributed by atoms with van der Waals surface area (Å²) in [6.45, 7) is 6.95. The number of rotatable bonds is 24. The molecule has 9 nitrogen and oxygen atoms in total. The first kappa shape index (κ1) is 43.0. The fourth-order valence-corrected chi connectivity index (χ4v) is 5.28. The number of methoxy groups -OCH3 is 2. The van der Waals surface area contributed by atoms with E-state index in [2.05, 4.69) is 12.2 Å². The van der Waals surface area contributed by atoms with E-state index >= 15 is 0 Å². The zero-order valence-corrected chi connectivity index (χ0v) is 29.8. The summed E-state index contributed by atoms with van der Waals surface area (Å²) in [6.07, 6.45) is 10.1. The fourth-order valence-electron chi connectivity index (χ4n) is 5.28. The van der Waals surface area contributed by atoms with Crippen LogP contribution in [0.5, 0.6) is 5.75 Å². The van der Waals surface area contributed by atoms with Crippen LogP contribution in [0.1, 0.15) is 117 Å². The first-order chi connectivity index (χ1) is 22.6. The molecule has 3 atom stereocenters. The number of ether oxygens (including phenoxy) is 3. The molecule has 0 saturated carbocycles. The van der Waals surface area contributed by atoms with E-state index < -0.39 is 46.9 Å². The van der Waals surface area contributed by atoms with E-state index in [-0.39, 0.29) is 38.0 Å². The molecule has 0 bridgehead atoms. The number of allylic oxidation sites excluding steroid dienone is 1. The number of hydrogen-bond donors (Lipinski definition) is 3. The monoisotopic (exact) mass is 683 g/mol. The molecule has 1 aromatic rings. The minimum Gasteiger partial charge on any atom is -0.508 e. The van der Waals surface area contributed by atoms with Gasteiger partial charge in [-0.05, 0) is 64.2 Å². The summed E-state index contributed by atoms with van der Waals surface area (Å²) in [5.41, 5.74) is -2.69. The third-order valence-electron chi connectivity index (χ3n) is 8.05. The molecule has 48 heavy (non-hydrogen) atoms. The lowest BCUT2D eigenvalue weighted by atomic mass is 9.82. The molecule has 0 fully saturated rings. The molecule has 274 valence electrons. The fraction of sp³-hybridized carbons (Fsp3) is 0.703. The van der Waals surface area contributed by atoms with Gasteiger partial charge in [0.2, 0.25) is 11.8 Å². The average Bonchev–Trinajstić information content (AvgIpc) is 3.02. The van der Waals surface area contributed by atoms with Crippen molar-refractivity contribution in [1.29, 1.82) is 0 Å². The largest absolute Gasteiger partial charge is 0.508 e. The van der Waals surface area contributed by atoms with E-state index in [1.54, 1.807) is 39.0 Å². The molecule has 1 aromatic carbocycles. The molecule has 3 N–H and O–H groups in total. The van der Waals surface area contributed by atoms with Crippen molar-refractivity contribution in [3.63, 3.8) is 0 Å². The van der Waals surface area contributed by atoms with E-state index in [4.69, 9.17) is 14.2 Å². The highest BCUT2D eigenvalue weighted by atomic mass is 19.3. The smallest absolute Gasteiger partial charge is 0.339 e. The predicted molar refractivity (Wildman–Crippen MR) is 182 cm³/mol. The molecule has 1 rings (SSSR count). The van der Waals surface area contributed by atoms with Crippen molar-refractivity contribution in [1.82, 2.24) is 5.32 Å². The van der Waals surface area contributed by atoms with Gasteiger partial charge in [-0.15, -0.1) is 0 Å². The maximum absolute atomic E-state index is 14.2. The number of alkyl halides is 2. The Hall–Kier alpha value is -3.05. The highest BCUT2D eigenvalue weighted by Gasteiger charge is 2.49. The third kappa shape index (κ3) is 16.9. The number of benzene rings is 1. The predicted octanol–water partition coefficient (Wildman–Crippen LogP) is 7.21. The maximum atomic E-state index is 14.2. The number of unbranched alkanes of at least 4 members (excludes halogenated alkanes) is 8. The van der Waals surface area contributed by atoms with E-state index in [9.17, 15) is 33.4 Å². The molecule has 0 saturated heterocycles. The van der Waals surface area contributed by atoms with Crippen molar-refractivity contribution >= 4 is 17.8 Å². The Morgan fingerprint density at radius 2 is 1.48 bits per heavy atom. The van der Waals surface area contributed by atoms with Crippen LogP contribution in [0.4, 0.5) is 8.78 Å². The van der Waals surface area contributed by atoms with Crippen molar-refractivity contribution in [2.75, 3.05) is 20.8 Å². The summed E-state index contributed by atoms with van der Waals surface area (Å²) in [4.78, 5) is 39.9. The van der Waals surface area contributed by atoms with Gasteiger partial charge in [-0.1, -0.05) is 69.7 Å². The molecule has 0 aliphatic heterocycles. The second kappa shape index (κ2) is 21.8. The molecule has 11 heteroatoms.